The van der Waals surface area contributed by atoms with Gasteiger partial charge in [-0.05, 0) is 42.2 Å². The molecule has 0 unspecified atom stereocenters. The average molecular weight is 352 g/mol. The zero-order chi connectivity index (χ0) is 18.5. The predicted molar refractivity (Wildman–Crippen MR) is 103 cm³/mol. The number of amides is 2. The highest BCUT2D eigenvalue weighted by molar-refractivity contribution is 5.95. The maximum absolute atomic E-state index is 12.2. The van der Waals surface area contributed by atoms with Gasteiger partial charge in [-0.2, -0.15) is 0 Å². The summed E-state index contributed by atoms with van der Waals surface area (Å²) in [6, 6.07) is 15.1. The van der Waals surface area contributed by atoms with Crippen molar-refractivity contribution in [3.63, 3.8) is 0 Å². The number of rotatable bonds is 6. The molecule has 136 valence electrons. The van der Waals surface area contributed by atoms with E-state index in [2.05, 4.69) is 19.2 Å². The van der Waals surface area contributed by atoms with Gasteiger partial charge in [0.05, 0.1) is 0 Å². The predicted octanol–water partition coefficient (Wildman–Crippen LogP) is 3.95. The lowest BCUT2D eigenvalue weighted by Crippen LogP contribution is -2.24. The van der Waals surface area contributed by atoms with Gasteiger partial charge in [-0.3, -0.25) is 9.59 Å². The van der Waals surface area contributed by atoms with Gasteiger partial charge < -0.3 is 15.0 Å². The maximum Gasteiger partial charge on any atom is 0.262 e. The molecule has 2 aromatic carbocycles. The molecule has 1 aliphatic rings. The van der Waals surface area contributed by atoms with Crippen molar-refractivity contribution in [1.82, 2.24) is 0 Å². The molecule has 0 bridgehead atoms. The average Bonchev–Trinajstić information content (AvgIpc) is 3.06. The van der Waals surface area contributed by atoms with Gasteiger partial charge >= 0.3 is 0 Å². The highest BCUT2D eigenvalue weighted by atomic mass is 16.5. The molecule has 1 N–H and O–H groups in total. The summed E-state index contributed by atoms with van der Waals surface area (Å²) in [5, 5.41) is 2.86. The molecule has 5 heteroatoms. The van der Waals surface area contributed by atoms with E-state index in [0.717, 1.165) is 24.3 Å². The van der Waals surface area contributed by atoms with Crippen LogP contribution in [0.25, 0.3) is 0 Å². The van der Waals surface area contributed by atoms with E-state index in [1.807, 2.05) is 36.4 Å². The van der Waals surface area contributed by atoms with Crippen molar-refractivity contribution < 1.29 is 14.3 Å². The van der Waals surface area contributed by atoms with Gasteiger partial charge in [0.1, 0.15) is 5.75 Å². The van der Waals surface area contributed by atoms with Crippen LogP contribution in [0, 0.1) is 0 Å². The fourth-order valence-electron chi connectivity index (χ4n) is 2.98. The monoisotopic (exact) mass is 352 g/mol. The van der Waals surface area contributed by atoms with E-state index in [-0.39, 0.29) is 18.4 Å². The van der Waals surface area contributed by atoms with Crippen molar-refractivity contribution in [1.29, 1.82) is 0 Å². The maximum atomic E-state index is 12.2. The van der Waals surface area contributed by atoms with Gasteiger partial charge in [-0.1, -0.05) is 32.0 Å². The van der Waals surface area contributed by atoms with Gasteiger partial charge in [0, 0.05) is 30.4 Å². The van der Waals surface area contributed by atoms with Gasteiger partial charge in [-0.15, -0.1) is 0 Å². The van der Waals surface area contributed by atoms with Gasteiger partial charge in [0.15, 0.2) is 6.61 Å². The van der Waals surface area contributed by atoms with Crippen LogP contribution in [0.5, 0.6) is 5.75 Å². The molecule has 2 aromatic rings. The molecule has 3 rings (SSSR count). The molecule has 2 amide bonds. The molecule has 1 fully saturated rings. The highest BCUT2D eigenvalue weighted by Crippen LogP contribution is 2.25. The summed E-state index contributed by atoms with van der Waals surface area (Å²) in [4.78, 5) is 25.8. The third-order valence-corrected chi connectivity index (χ3v) is 4.41. The van der Waals surface area contributed by atoms with E-state index < -0.39 is 0 Å². The van der Waals surface area contributed by atoms with Crippen LogP contribution in [0.1, 0.15) is 38.2 Å². The van der Waals surface area contributed by atoms with Crippen LogP contribution in [0.2, 0.25) is 0 Å². The van der Waals surface area contributed by atoms with Crippen LogP contribution >= 0.6 is 0 Å². The first kappa shape index (κ1) is 18.0. The fraction of sp³-hybridized carbons (Fsp3) is 0.333. The Morgan fingerprint density at radius 3 is 2.73 bits per heavy atom. The third kappa shape index (κ3) is 4.42. The number of benzene rings is 2. The second-order valence-corrected chi connectivity index (χ2v) is 6.76. The summed E-state index contributed by atoms with van der Waals surface area (Å²) in [5.41, 5.74) is 2.75. The SMILES string of the molecule is CC(C)c1cccc(NC(=O)COc2cccc(N3CCCC3=O)c2)c1. The van der Waals surface area contributed by atoms with E-state index >= 15 is 0 Å². The number of carbonyl (C=O) groups excluding carboxylic acids is 2. The molecule has 0 aliphatic carbocycles. The van der Waals surface area contributed by atoms with Gasteiger partial charge in [0.25, 0.3) is 5.91 Å². The van der Waals surface area contributed by atoms with Gasteiger partial charge in [0.2, 0.25) is 5.91 Å². The van der Waals surface area contributed by atoms with Crippen LogP contribution in [-0.4, -0.2) is 25.0 Å². The first-order chi connectivity index (χ1) is 12.5. The molecule has 0 radical (unpaired) electrons. The van der Waals surface area contributed by atoms with Crippen molar-refractivity contribution in [2.75, 3.05) is 23.4 Å². The van der Waals surface area contributed by atoms with Crippen molar-refractivity contribution >= 4 is 23.2 Å². The summed E-state index contributed by atoms with van der Waals surface area (Å²) in [5.74, 6) is 0.894. The molecule has 0 aromatic heterocycles. The Balaban J connectivity index is 1.58. The lowest BCUT2D eigenvalue weighted by molar-refractivity contribution is -0.118. The molecule has 0 atom stereocenters. The molecule has 0 saturated carbocycles. The minimum atomic E-state index is -0.214. The van der Waals surface area contributed by atoms with E-state index in [9.17, 15) is 9.59 Å². The third-order valence-electron chi connectivity index (χ3n) is 4.41. The number of anilines is 2. The smallest absolute Gasteiger partial charge is 0.262 e. The molecule has 26 heavy (non-hydrogen) atoms. The van der Waals surface area contributed by atoms with E-state index in [0.29, 0.717) is 18.1 Å². The fourth-order valence-corrected chi connectivity index (χ4v) is 2.98. The van der Waals surface area contributed by atoms with E-state index in [4.69, 9.17) is 4.74 Å². The number of carbonyl (C=O) groups is 2. The molecule has 0 spiro atoms. The summed E-state index contributed by atoms with van der Waals surface area (Å²) in [7, 11) is 0. The van der Waals surface area contributed by atoms with E-state index in [1.165, 1.54) is 5.56 Å². The van der Waals surface area contributed by atoms with Crippen molar-refractivity contribution in [3.8, 4) is 5.75 Å². The Labute approximate surface area is 154 Å². The van der Waals surface area contributed by atoms with Crippen LogP contribution in [-0.2, 0) is 9.59 Å². The topological polar surface area (TPSA) is 58.6 Å². The second kappa shape index (κ2) is 8.04. The van der Waals surface area contributed by atoms with Crippen LogP contribution in [0.4, 0.5) is 11.4 Å². The number of ether oxygens (including phenoxy) is 1. The molecule has 1 aliphatic heterocycles. The molecular weight excluding hydrogens is 328 g/mol. The number of nitrogens with zero attached hydrogens (tertiary/aromatic N) is 1. The minimum Gasteiger partial charge on any atom is -0.484 e. The zero-order valence-electron chi connectivity index (χ0n) is 15.2. The Morgan fingerprint density at radius 1 is 1.19 bits per heavy atom. The van der Waals surface area contributed by atoms with Crippen LogP contribution < -0.4 is 15.0 Å². The lowest BCUT2D eigenvalue weighted by Gasteiger charge is -2.16. The first-order valence-electron chi connectivity index (χ1n) is 8.96. The molecule has 1 saturated heterocycles. The van der Waals surface area contributed by atoms with Crippen molar-refractivity contribution in [2.24, 2.45) is 0 Å². The Hall–Kier alpha value is -2.82. The number of hydrogen-bond donors (Lipinski definition) is 1. The standard InChI is InChI=1S/C21H24N2O3/c1-15(2)16-6-3-7-17(12-16)22-20(24)14-26-19-9-4-8-18(13-19)23-11-5-10-21(23)25/h3-4,6-9,12-13,15H,5,10-11,14H2,1-2H3,(H,22,24). The Bertz CT molecular complexity index is 801. The molecule has 5 nitrogen and oxygen atoms in total. The number of nitrogens with one attached hydrogen (secondary N) is 1. The Morgan fingerprint density at radius 2 is 2.00 bits per heavy atom. The zero-order valence-corrected chi connectivity index (χ0v) is 15.2. The summed E-state index contributed by atoms with van der Waals surface area (Å²) in [6.45, 7) is 4.88. The lowest BCUT2D eigenvalue weighted by atomic mass is 10.0. The van der Waals surface area contributed by atoms with Gasteiger partial charge in [-0.25, -0.2) is 0 Å². The molecule has 1 heterocycles. The highest BCUT2D eigenvalue weighted by Gasteiger charge is 2.21. The Kier molecular flexibility index (Phi) is 5.56. The summed E-state index contributed by atoms with van der Waals surface area (Å²) in [6.07, 6.45) is 1.46. The van der Waals surface area contributed by atoms with Crippen molar-refractivity contribution in [3.05, 3.63) is 54.1 Å². The van der Waals surface area contributed by atoms with Crippen LogP contribution in [0.3, 0.4) is 0 Å². The number of hydrogen-bond acceptors (Lipinski definition) is 3. The quantitative estimate of drug-likeness (QED) is 0.856. The first-order valence-corrected chi connectivity index (χ1v) is 8.96. The van der Waals surface area contributed by atoms with E-state index in [1.54, 1.807) is 17.0 Å². The normalized spacial score (nSPS) is 14.0. The second-order valence-electron chi connectivity index (χ2n) is 6.76. The van der Waals surface area contributed by atoms with Crippen LogP contribution in [0.15, 0.2) is 48.5 Å². The van der Waals surface area contributed by atoms with Crippen molar-refractivity contribution in [2.45, 2.75) is 32.6 Å². The largest absolute Gasteiger partial charge is 0.484 e. The minimum absolute atomic E-state index is 0.0801. The molecular formula is C21H24N2O3. The summed E-state index contributed by atoms with van der Waals surface area (Å²) < 4.78 is 5.60. The summed E-state index contributed by atoms with van der Waals surface area (Å²) >= 11 is 0.